The van der Waals surface area contributed by atoms with E-state index in [1.165, 1.54) is 18.2 Å². The SMILES string of the molecule is O=C(COC(=O)[C@@H]1CC(=O)N(NC(=O)c2ccc(Cl)c(Cl)c2)C1)Nc1cccc(Cl)c1. The summed E-state index contributed by atoms with van der Waals surface area (Å²) in [7, 11) is 0. The fourth-order valence-corrected chi connectivity index (χ4v) is 3.30. The van der Waals surface area contributed by atoms with Crippen LogP contribution < -0.4 is 10.7 Å². The van der Waals surface area contributed by atoms with E-state index in [0.717, 1.165) is 5.01 Å². The first-order valence-corrected chi connectivity index (χ1v) is 10.1. The topological polar surface area (TPSA) is 105 Å². The Morgan fingerprint density at radius 1 is 1.06 bits per heavy atom. The molecular weight excluding hydrogens is 469 g/mol. The molecule has 0 unspecified atom stereocenters. The second kappa shape index (κ2) is 10.00. The molecule has 3 amide bonds. The number of ether oxygens (including phenoxy) is 1. The summed E-state index contributed by atoms with van der Waals surface area (Å²) in [5.74, 6) is -3.13. The maximum absolute atomic E-state index is 12.3. The number of esters is 1. The van der Waals surface area contributed by atoms with Gasteiger partial charge in [-0.25, -0.2) is 0 Å². The van der Waals surface area contributed by atoms with Gasteiger partial charge < -0.3 is 10.1 Å². The van der Waals surface area contributed by atoms with E-state index in [1.807, 2.05) is 0 Å². The Balaban J connectivity index is 1.49. The van der Waals surface area contributed by atoms with Gasteiger partial charge in [0, 0.05) is 22.7 Å². The minimum atomic E-state index is -0.819. The van der Waals surface area contributed by atoms with Gasteiger partial charge in [0.25, 0.3) is 11.8 Å². The molecule has 11 heteroatoms. The molecule has 0 aliphatic carbocycles. The second-order valence-corrected chi connectivity index (χ2v) is 7.89. The van der Waals surface area contributed by atoms with Crippen LogP contribution in [-0.2, 0) is 19.1 Å². The lowest BCUT2D eigenvalue weighted by Gasteiger charge is -2.17. The summed E-state index contributed by atoms with van der Waals surface area (Å²) >= 11 is 17.6. The summed E-state index contributed by atoms with van der Waals surface area (Å²) in [6.07, 6.45) is -0.156. The number of halogens is 3. The number of carbonyl (C=O) groups excluding carboxylic acids is 4. The highest BCUT2D eigenvalue weighted by molar-refractivity contribution is 6.42. The predicted molar refractivity (Wildman–Crippen MR) is 115 cm³/mol. The Labute approximate surface area is 192 Å². The molecule has 0 saturated carbocycles. The van der Waals surface area contributed by atoms with Gasteiger partial charge >= 0.3 is 5.97 Å². The van der Waals surface area contributed by atoms with Crippen LogP contribution in [0.15, 0.2) is 42.5 Å². The third kappa shape index (κ3) is 6.10. The molecular formula is C20H16Cl3N3O5. The Kier molecular flexibility index (Phi) is 7.37. The molecule has 1 saturated heterocycles. The van der Waals surface area contributed by atoms with Crippen LogP contribution in [0, 0.1) is 5.92 Å². The maximum atomic E-state index is 12.3. The standard InChI is InChI=1S/C20H16Cl3N3O5/c21-13-2-1-3-14(8-13)24-17(27)10-31-20(30)12-7-18(28)26(9-12)25-19(29)11-4-5-15(22)16(23)6-11/h1-6,8,12H,7,9-10H2,(H,24,27)(H,25,29)/t12-/m1/s1. The summed E-state index contributed by atoms with van der Waals surface area (Å²) in [5, 5.41) is 4.50. The van der Waals surface area contributed by atoms with Crippen molar-refractivity contribution in [3.05, 3.63) is 63.1 Å². The molecule has 0 spiro atoms. The summed E-state index contributed by atoms with van der Waals surface area (Å²) in [6.45, 7) is -0.605. The lowest BCUT2D eigenvalue weighted by Crippen LogP contribution is -2.43. The van der Waals surface area contributed by atoms with Crippen molar-refractivity contribution >= 4 is 64.2 Å². The van der Waals surface area contributed by atoms with E-state index in [9.17, 15) is 19.2 Å². The van der Waals surface area contributed by atoms with E-state index in [-0.39, 0.29) is 28.6 Å². The number of anilines is 1. The Morgan fingerprint density at radius 3 is 2.55 bits per heavy atom. The van der Waals surface area contributed by atoms with Crippen molar-refractivity contribution in [2.45, 2.75) is 6.42 Å². The van der Waals surface area contributed by atoms with E-state index in [1.54, 1.807) is 24.3 Å². The summed E-state index contributed by atoms with van der Waals surface area (Å²) in [5.41, 5.74) is 3.08. The van der Waals surface area contributed by atoms with Gasteiger partial charge in [-0.1, -0.05) is 40.9 Å². The monoisotopic (exact) mass is 483 g/mol. The van der Waals surface area contributed by atoms with Crippen molar-refractivity contribution in [3.63, 3.8) is 0 Å². The van der Waals surface area contributed by atoms with Crippen LogP contribution in [0.5, 0.6) is 0 Å². The van der Waals surface area contributed by atoms with Crippen molar-refractivity contribution in [1.82, 2.24) is 10.4 Å². The molecule has 1 aliphatic heterocycles. The van der Waals surface area contributed by atoms with Crippen LogP contribution in [-0.4, -0.2) is 41.9 Å². The minimum absolute atomic E-state index is 0.0827. The third-order valence-corrected chi connectivity index (χ3v) is 5.30. The Hall–Kier alpha value is -2.81. The van der Waals surface area contributed by atoms with Gasteiger partial charge in [-0.2, -0.15) is 0 Å². The number of benzene rings is 2. The summed E-state index contributed by atoms with van der Waals surface area (Å²) in [6, 6.07) is 10.8. The first-order valence-electron chi connectivity index (χ1n) is 9.01. The molecule has 1 aliphatic rings. The molecule has 31 heavy (non-hydrogen) atoms. The first-order chi connectivity index (χ1) is 14.7. The minimum Gasteiger partial charge on any atom is -0.455 e. The van der Waals surface area contributed by atoms with Crippen molar-refractivity contribution < 1.29 is 23.9 Å². The summed E-state index contributed by atoms with van der Waals surface area (Å²) < 4.78 is 5.00. The fraction of sp³-hybridized carbons (Fsp3) is 0.200. The van der Waals surface area contributed by atoms with Crippen molar-refractivity contribution in [2.24, 2.45) is 5.92 Å². The zero-order valence-corrected chi connectivity index (χ0v) is 18.1. The molecule has 1 fully saturated rings. The van der Waals surface area contributed by atoms with Crippen LogP contribution in [0.3, 0.4) is 0 Å². The maximum Gasteiger partial charge on any atom is 0.311 e. The molecule has 2 aromatic rings. The average molecular weight is 485 g/mol. The Morgan fingerprint density at radius 2 is 1.84 bits per heavy atom. The number of hydrogen-bond acceptors (Lipinski definition) is 5. The van der Waals surface area contributed by atoms with Gasteiger partial charge in [-0.15, -0.1) is 0 Å². The quantitative estimate of drug-likeness (QED) is 0.612. The van der Waals surface area contributed by atoms with Gasteiger partial charge in [0.05, 0.1) is 22.5 Å². The summed E-state index contributed by atoms with van der Waals surface area (Å²) in [4.78, 5) is 48.6. The van der Waals surface area contributed by atoms with Crippen LogP contribution in [0.25, 0.3) is 0 Å². The third-order valence-electron chi connectivity index (χ3n) is 4.33. The van der Waals surface area contributed by atoms with Crippen LogP contribution in [0.1, 0.15) is 16.8 Å². The molecule has 0 bridgehead atoms. The van der Waals surface area contributed by atoms with Gasteiger partial charge in [-0.3, -0.25) is 29.6 Å². The van der Waals surface area contributed by atoms with Gasteiger partial charge in [0.1, 0.15) is 0 Å². The number of amides is 3. The van der Waals surface area contributed by atoms with E-state index in [0.29, 0.717) is 10.7 Å². The molecule has 1 atom stereocenters. The number of nitrogens with zero attached hydrogens (tertiary/aromatic N) is 1. The number of carbonyl (C=O) groups is 4. The van der Waals surface area contributed by atoms with Crippen molar-refractivity contribution in [3.8, 4) is 0 Å². The molecule has 0 radical (unpaired) electrons. The number of hydrogen-bond donors (Lipinski definition) is 2. The largest absolute Gasteiger partial charge is 0.455 e. The lowest BCUT2D eigenvalue weighted by atomic mass is 10.1. The van der Waals surface area contributed by atoms with Gasteiger partial charge in [0.2, 0.25) is 5.91 Å². The van der Waals surface area contributed by atoms with E-state index < -0.39 is 36.2 Å². The Bertz CT molecular complexity index is 1050. The average Bonchev–Trinajstić information content (AvgIpc) is 3.08. The van der Waals surface area contributed by atoms with E-state index in [2.05, 4.69) is 10.7 Å². The van der Waals surface area contributed by atoms with Gasteiger partial charge in [-0.05, 0) is 36.4 Å². The fourth-order valence-electron chi connectivity index (χ4n) is 2.82. The van der Waals surface area contributed by atoms with E-state index in [4.69, 9.17) is 39.5 Å². The highest BCUT2D eigenvalue weighted by atomic mass is 35.5. The van der Waals surface area contributed by atoms with E-state index >= 15 is 0 Å². The predicted octanol–water partition coefficient (Wildman–Crippen LogP) is 3.32. The number of nitrogens with one attached hydrogen (secondary N) is 2. The molecule has 2 N–H and O–H groups in total. The molecule has 2 aromatic carbocycles. The molecule has 1 heterocycles. The zero-order chi connectivity index (χ0) is 22.5. The number of hydrazine groups is 1. The number of rotatable bonds is 6. The van der Waals surface area contributed by atoms with Crippen LogP contribution in [0.2, 0.25) is 15.1 Å². The molecule has 3 rings (SSSR count). The normalized spacial score (nSPS) is 15.5. The van der Waals surface area contributed by atoms with Crippen LogP contribution >= 0.6 is 34.8 Å². The molecule has 162 valence electrons. The zero-order valence-electron chi connectivity index (χ0n) is 15.9. The molecule has 0 aromatic heterocycles. The highest BCUT2D eigenvalue weighted by Gasteiger charge is 2.36. The van der Waals surface area contributed by atoms with Crippen molar-refractivity contribution in [2.75, 3.05) is 18.5 Å². The van der Waals surface area contributed by atoms with Crippen LogP contribution in [0.4, 0.5) is 5.69 Å². The molecule has 8 nitrogen and oxygen atoms in total. The highest BCUT2D eigenvalue weighted by Crippen LogP contribution is 2.23. The smallest absolute Gasteiger partial charge is 0.311 e. The lowest BCUT2D eigenvalue weighted by molar-refractivity contribution is -0.151. The van der Waals surface area contributed by atoms with Gasteiger partial charge in [0.15, 0.2) is 6.61 Å². The van der Waals surface area contributed by atoms with Crippen molar-refractivity contribution in [1.29, 1.82) is 0 Å². The second-order valence-electron chi connectivity index (χ2n) is 6.64. The first kappa shape index (κ1) is 22.9.